The second-order valence-electron chi connectivity index (χ2n) is 3.81. The fourth-order valence-corrected chi connectivity index (χ4v) is 2.63. The lowest BCUT2D eigenvalue weighted by Crippen LogP contribution is -2.42. The maximum Gasteiger partial charge on any atom is 0.153 e. The van der Waals surface area contributed by atoms with E-state index in [1.165, 1.54) is 25.6 Å². The first-order chi connectivity index (χ1) is 7.53. The summed E-state index contributed by atoms with van der Waals surface area (Å²) in [4.78, 5) is 23.4. The highest BCUT2D eigenvalue weighted by Crippen LogP contribution is 2.29. The third kappa shape index (κ3) is 2.53. The quantitative estimate of drug-likeness (QED) is 0.737. The number of carbonyl (C=O) groups is 2. The Kier molecular flexibility index (Phi) is 4.30. The number of hydrogen-bond acceptors (Lipinski definition) is 3. The van der Waals surface area contributed by atoms with Gasteiger partial charge in [-0.15, -0.1) is 11.8 Å². The molecule has 3 heteroatoms. The van der Waals surface area contributed by atoms with E-state index in [0.29, 0.717) is 6.42 Å². The summed E-state index contributed by atoms with van der Waals surface area (Å²) in [5.74, 6) is -0.146. The van der Waals surface area contributed by atoms with Crippen LogP contribution in [0.3, 0.4) is 0 Å². The number of Topliss-reactive ketones (excluding diaryl/α,β-unsaturated/α-hetero) is 2. The summed E-state index contributed by atoms with van der Waals surface area (Å²) in [5.41, 5.74) is 1.02. The van der Waals surface area contributed by atoms with Crippen LogP contribution >= 0.6 is 11.8 Å². The van der Waals surface area contributed by atoms with E-state index in [1.54, 1.807) is 0 Å². The first-order valence-electron chi connectivity index (χ1n) is 5.14. The first kappa shape index (κ1) is 13.0. The SMILES string of the molecule is CSC(Cc1ccccc1)(C(C)=O)C(C)=O. The summed E-state index contributed by atoms with van der Waals surface area (Å²) < 4.78 is -0.915. The van der Waals surface area contributed by atoms with E-state index >= 15 is 0 Å². The van der Waals surface area contributed by atoms with Crippen LogP contribution < -0.4 is 0 Å². The van der Waals surface area contributed by atoms with E-state index in [4.69, 9.17) is 0 Å². The molecular formula is C13H16O2S. The van der Waals surface area contributed by atoms with Gasteiger partial charge in [-0.05, 0) is 25.7 Å². The van der Waals surface area contributed by atoms with Crippen LogP contribution in [-0.2, 0) is 16.0 Å². The molecule has 16 heavy (non-hydrogen) atoms. The molecule has 0 aromatic heterocycles. The molecule has 0 amide bonds. The summed E-state index contributed by atoms with van der Waals surface area (Å²) >= 11 is 1.33. The van der Waals surface area contributed by atoms with Gasteiger partial charge in [-0.25, -0.2) is 0 Å². The molecule has 0 N–H and O–H groups in total. The van der Waals surface area contributed by atoms with E-state index in [0.717, 1.165) is 5.56 Å². The van der Waals surface area contributed by atoms with Crippen LogP contribution in [0, 0.1) is 0 Å². The normalized spacial score (nSPS) is 11.2. The second-order valence-corrected chi connectivity index (χ2v) is 4.91. The predicted octanol–water partition coefficient (Wildman–Crippen LogP) is 2.51. The molecule has 0 saturated carbocycles. The topological polar surface area (TPSA) is 34.1 Å². The number of rotatable bonds is 5. The molecule has 86 valence electrons. The van der Waals surface area contributed by atoms with E-state index in [9.17, 15) is 9.59 Å². The van der Waals surface area contributed by atoms with Gasteiger partial charge in [0.15, 0.2) is 11.6 Å². The predicted molar refractivity (Wildman–Crippen MR) is 67.8 cm³/mol. The number of ketones is 2. The van der Waals surface area contributed by atoms with E-state index in [1.807, 2.05) is 36.6 Å². The van der Waals surface area contributed by atoms with Crippen LogP contribution in [0.25, 0.3) is 0 Å². The molecule has 0 fully saturated rings. The summed E-state index contributed by atoms with van der Waals surface area (Å²) in [6.45, 7) is 2.97. The van der Waals surface area contributed by atoms with Crippen LogP contribution in [0.5, 0.6) is 0 Å². The maximum atomic E-state index is 11.7. The van der Waals surface area contributed by atoms with Crippen molar-refractivity contribution < 1.29 is 9.59 Å². The van der Waals surface area contributed by atoms with E-state index < -0.39 is 4.75 Å². The Hall–Kier alpha value is -1.09. The molecule has 0 radical (unpaired) electrons. The summed E-state index contributed by atoms with van der Waals surface area (Å²) in [7, 11) is 0. The van der Waals surface area contributed by atoms with Crippen molar-refractivity contribution in [2.45, 2.75) is 25.0 Å². The molecular weight excluding hydrogens is 220 g/mol. The third-order valence-corrected chi connectivity index (χ3v) is 4.20. The summed E-state index contributed by atoms with van der Waals surface area (Å²) in [5, 5.41) is 0. The van der Waals surface area contributed by atoms with Gasteiger partial charge < -0.3 is 0 Å². The molecule has 0 spiro atoms. The van der Waals surface area contributed by atoms with Crippen molar-refractivity contribution in [3.63, 3.8) is 0 Å². The number of carbonyl (C=O) groups excluding carboxylic acids is 2. The molecule has 1 aromatic rings. The van der Waals surface area contributed by atoms with Crippen LogP contribution in [0.15, 0.2) is 30.3 Å². The van der Waals surface area contributed by atoms with Gasteiger partial charge in [0.05, 0.1) is 0 Å². The lowest BCUT2D eigenvalue weighted by molar-refractivity contribution is -0.128. The van der Waals surface area contributed by atoms with Crippen molar-refractivity contribution in [1.82, 2.24) is 0 Å². The van der Waals surface area contributed by atoms with Crippen molar-refractivity contribution in [2.75, 3.05) is 6.26 Å². The number of benzene rings is 1. The van der Waals surface area contributed by atoms with Crippen molar-refractivity contribution in [1.29, 1.82) is 0 Å². The van der Waals surface area contributed by atoms with Crippen LogP contribution in [0.4, 0.5) is 0 Å². The molecule has 0 bridgehead atoms. The number of hydrogen-bond donors (Lipinski definition) is 0. The fraction of sp³-hybridized carbons (Fsp3) is 0.385. The first-order valence-corrected chi connectivity index (χ1v) is 6.36. The lowest BCUT2D eigenvalue weighted by atomic mass is 9.91. The minimum Gasteiger partial charge on any atom is -0.298 e. The maximum absolute atomic E-state index is 11.7. The largest absolute Gasteiger partial charge is 0.298 e. The highest BCUT2D eigenvalue weighted by Gasteiger charge is 2.39. The highest BCUT2D eigenvalue weighted by atomic mass is 32.2. The van der Waals surface area contributed by atoms with E-state index in [-0.39, 0.29) is 11.6 Å². The van der Waals surface area contributed by atoms with Crippen molar-refractivity contribution in [2.24, 2.45) is 0 Å². The smallest absolute Gasteiger partial charge is 0.153 e. The average molecular weight is 236 g/mol. The van der Waals surface area contributed by atoms with Crippen LogP contribution in [-0.4, -0.2) is 22.6 Å². The van der Waals surface area contributed by atoms with Gasteiger partial charge in [-0.3, -0.25) is 9.59 Å². The summed E-state index contributed by atoms with van der Waals surface area (Å²) in [6.07, 6.45) is 2.28. The van der Waals surface area contributed by atoms with Crippen LogP contribution in [0.1, 0.15) is 19.4 Å². The zero-order chi connectivity index (χ0) is 12.2. The molecule has 2 nitrogen and oxygen atoms in total. The highest BCUT2D eigenvalue weighted by molar-refractivity contribution is 8.01. The molecule has 0 atom stereocenters. The Bertz CT molecular complexity index is 370. The standard InChI is InChI=1S/C13H16O2S/c1-10(14)13(16-3,11(2)15)9-12-7-5-4-6-8-12/h4-8H,9H2,1-3H3. The van der Waals surface area contributed by atoms with Gasteiger partial charge in [0.2, 0.25) is 0 Å². The van der Waals surface area contributed by atoms with Crippen molar-refractivity contribution in [3.05, 3.63) is 35.9 Å². The van der Waals surface area contributed by atoms with Crippen LogP contribution in [0.2, 0.25) is 0 Å². The molecule has 0 unspecified atom stereocenters. The number of thioether (sulfide) groups is 1. The molecule has 0 aliphatic heterocycles. The zero-order valence-corrected chi connectivity index (χ0v) is 10.6. The zero-order valence-electron chi connectivity index (χ0n) is 9.82. The van der Waals surface area contributed by atoms with Crippen molar-refractivity contribution in [3.8, 4) is 0 Å². The van der Waals surface area contributed by atoms with Gasteiger partial charge in [0, 0.05) is 6.42 Å². The monoisotopic (exact) mass is 236 g/mol. The average Bonchev–Trinajstić information content (AvgIpc) is 2.26. The van der Waals surface area contributed by atoms with E-state index in [2.05, 4.69) is 0 Å². The van der Waals surface area contributed by atoms with Gasteiger partial charge in [-0.2, -0.15) is 0 Å². The molecule has 0 aliphatic rings. The Labute approximate surface area is 100 Å². The molecule has 0 aliphatic carbocycles. The Morgan fingerprint density at radius 2 is 1.62 bits per heavy atom. The molecule has 1 rings (SSSR count). The second kappa shape index (κ2) is 5.30. The Morgan fingerprint density at radius 3 is 2.00 bits per heavy atom. The van der Waals surface area contributed by atoms with Crippen molar-refractivity contribution >= 4 is 23.3 Å². The minimum absolute atomic E-state index is 0.0728. The Morgan fingerprint density at radius 1 is 1.12 bits per heavy atom. The molecule has 0 heterocycles. The lowest BCUT2D eigenvalue weighted by Gasteiger charge is -2.26. The van der Waals surface area contributed by atoms with Gasteiger partial charge >= 0.3 is 0 Å². The molecule has 1 aromatic carbocycles. The van der Waals surface area contributed by atoms with Gasteiger partial charge in [0.25, 0.3) is 0 Å². The molecule has 0 saturated heterocycles. The van der Waals surface area contributed by atoms with Gasteiger partial charge in [-0.1, -0.05) is 30.3 Å². The summed E-state index contributed by atoms with van der Waals surface area (Å²) in [6, 6.07) is 9.64. The fourth-order valence-electron chi connectivity index (χ4n) is 1.74. The van der Waals surface area contributed by atoms with Gasteiger partial charge in [0.1, 0.15) is 4.75 Å². The minimum atomic E-state index is -0.915. The Balaban J connectivity index is 3.04. The third-order valence-electron chi connectivity index (χ3n) is 2.78.